The van der Waals surface area contributed by atoms with E-state index in [-0.39, 0.29) is 17.7 Å². The Morgan fingerprint density at radius 2 is 1.92 bits per heavy atom. The molecule has 208 valence electrons. The molecule has 3 fully saturated rings. The molecule has 1 aliphatic carbocycles. The molecule has 3 aliphatic rings. The monoisotopic (exact) mass is 572 g/mol. The van der Waals surface area contributed by atoms with E-state index in [1.807, 2.05) is 22.9 Å². The summed E-state index contributed by atoms with van der Waals surface area (Å²) in [5, 5.41) is 11.3. The summed E-state index contributed by atoms with van der Waals surface area (Å²) in [6.45, 7) is 4.17. The van der Waals surface area contributed by atoms with Crippen molar-refractivity contribution in [2.75, 3.05) is 32.7 Å². The molecular weight excluding hydrogens is 538 g/mol. The number of carboxylic acids is 1. The Hall–Kier alpha value is -2.19. The van der Waals surface area contributed by atoms with Crippen LogP contribution in [0.1, 0.15) is 61.6 Å². The largest absolute Gasteiger partial charge is 0.480 e. The fraction of sp³-hybridized carbons (Fsp3) is 0.533. The van der Waals surface area contributed by atoms with Crippen molar-refractivity contribution >= 4 is 34.8 Å². The van der Waals surface area contributed by atoms with E-state index >= 15 is 0 Å². The lowest BCUT2D eigenvalue weighted by molar-refractivity contribution is -0.144. The molecular formula is C30H35Cl2FN4O2. The summed E-state index contributed by atoms with van der Waals surface area (Å²) in [6, 6.07) is 8.14. The fourth-order valence-corrected chi connectivity index (χ4v) is 7.51. The Morgan fingerprint density at radius 3 is 2.62 bits per heavy atom. The zero-order valence-electron chi connectivity index (χ0n) is 22.0. The van der Waals surface area contributed by atoms with Gasteiger partial charge in [0.1, 0.15) is 11.9 Å². The molecule has 2 aromatic heterocycles. The van der Waals surface area contributed by atoms with Gasteiger partial charge in [-0.3, -0.25) is 9.69 Å². The second-order valence-corrected chi connectivity index (χ2v) is 12.6. The SMILES string of the molecule is O=C(O)[C@@H](CC1CCC1)N1C[C@H](CN2CCC(c3cnc4c(Cl)cc(Cl)cn34)CC2)[C@@H](c2cccc(F)c2)C1. The lowest BCUT2D eigenvalue weighted by atomic mass is 9.80. The number of nitrogens with zero attached hydrogens (tertiary/aromatic N) is 4. The number of aliphatic carboxylic acids is 1. The number of halogens is 3. The van der Waals surface area contributed by atoms with E-state index in [0.717, 1.165) is 75.2 Å². The molecule has 1 aromatic carbocycles. The molecule has 0 radical (unpaired) electrons. The van der Waals surface area contributed by atoms with E-state index in [9.17, 15) is 14.3 Å². The van der Waals surface area contributed by atoms with Gasteiger partial charge in [-0.15, -0.1) is 0 Å². The molecule has 6 nitrogen and oxygen atoms in total. The van der Waals surface area contributed by atoms with E-state index in [2.05, 4.69) is 14.8 Å². The normalized spacial score (nSPS) is 24.3. The van der Waals surface area contributed by atoms with Crippen molar-refractivity contribution in [1.82, 2.24) is 19.2 Å². The maximum Gasteiger partial charge on any atom is 0.320 e. The number of aromatic nitrogens is 2. The summed E-state index contributed by atoms with van der Waals surface area (Å²) in [5.41, 5.74) is 2.85. The third-order valence-electron chi connectivity index (χ3n) is 9.31. The molecule has 2 saturated heterocycles. The minimum atomic E-state index is -0.727. The zero-order chi connectivity index (χ0) is 27.1. The van der Waals surface area contributed by atoms with Crippen LogP contribution >= 0.6 is 23.2 Å². The molecule has 1 saturated carbocycles. The fourth-order valence-electron chi connectivity index (χ4n) is 6.99. The highest BCUT2D eigenvalue weighted by Crippen LogP contribution is 2.39. The van der Waals surface area contributed by atoms with E-state index in [1.54, 1.807) is 18.2 Å². The number of carboxylic acid groups (broad SMARTS) is 1. The first kappa shape index (κ1) is 27.0. The minimum absolute atomic E-state index is 0.115. The lowest BCUT2D eigenvalue weighted by Gasteiger charge is -2.35. The van der Waals surface area contributed by atoms with Crippen molar-refractivity contribution in [2.45, 2.75) is 56.4 Å². The summed E-state index contributed by atoms with van der Waals surface area (Å²) in [5.74, 6) is 0.284. The average molecular weight is 574 g/mol. The lowest BCUT2D eigenvalue weighted by Crippen LogP contribution is -2.43. The van der Waals surface area contributed by atoms with Crippen LogP contribution in [-0.2, 0) is 4.79 Å². The molecule has 2 aliphatic heterocycles. The van der Waals surface area contributed by atoms with E-state index in [1.165, 1.54) is 12.5 Å². The molecule has 0 bridgehead atoms. The van der Waals surface area contributed by atoms with Crippen molar-refractivity contribution in [3.63, 3.8) is 0 Å². The Labute approximate surface area is 238 Å². The molecule has 0 unspecified atom stereocenters. The van der Waals surface area contributed by atoms with Gasteiger partial charge in [-0.1, -0.05) is 54.6 Å². The van der Waals surface area contributed by atoms with Gasteiger partial charge in [-0.25, -0.2) is 9.37 Å². The van der Waals surface area contributed by atoms with Crippen molar-refractivity contribution in [2.24, 2.45) is 11.8 Å². The van der Waals surface area contributed by atoms with E-state index < -0.39 is 12.0 Å². The van der Waals surface area contributed by atoms with Crippen LogP contribution in [0.3, 0.4) is 0 Å². The molecule has 4 heterocycles. The number of carbonyl (C=O) groups is 1. The number of fused-ring (bicyclic) bond motifs is 1. The number of hydrogen-bond donors (Lipinski definition) is 1. The second kappa shape index (κ2) is 11.4. The summed E-state index contributed by atoms with van der Waals surface area (Å²) in [7, 11) is 0. The molecule has 0 spiro atoms. The summed E-state index contributed by atoms with van der Waals surface area (Å²) in [4.78, 5) is 21.5. The van der Waals surface area contributed by atoms with Crippen molar-refractivity contribution in [3.05, 3.63) is 69.8 Å². The second-order valence-electron chi connectivity index (χ2n) is 11.7. The summed E-state index contributed by atoms with van der Waals surface area (Å²) < 4.78 is 16.2. The van der Waals surface area contributed by atoms with Crippen LogP contribution in [0.5, 0.6) is 0 Å². The molecule has 3 atom stereocenters. The van der Waals surface area contributed by atoms with Crippen LogP contribution in [0.25, 0.3) is 5.65 Å². The predicted octanol–water partition coefficient (Wildman–Crippen LogP) is 6.32. The van der Waals surface area contributed by atoms with E-state index in [4.69, 9.17) is 23.2 Å². The van der Waals surface area contributed by atoms with Crippen molar-refractivity contribution in [3.8, 4) is 0 Å². The maximum atomic E-state index is 14.2. The highest BCUT2D eigenvalue weighted by molar-refractivity contribution is 6.36. The van der Waals surface area contributed by atoms with Crippen LogP contribution in [0.2, 0.25) is 10.0 Å². The Kier molecular flexibility index (Phi) is 7.86. The Bertz CT molecular complexity index is 1340. The third-order valence-corrected chi connectivity index (χ3v) is 9.79. The molecule has 3 aromatic rings. The standard InChI is InChI=1S/C30H35Cl2FN4O2/c31-23-13-26(32)29-34-14-28(37(29)17-23)20-7-9-35(10-8-20)15-22-16-36(27(30(38)39)11-19-3-1-4-19)18-25(22)21-5-2-6-24(33)12-21/h2,5-6,12-14,17,19-20,22,25,27H,1,3-4,7-11,15-16,18H2,(H,38,39)/t22-,25+,27+/m0/s1. The van der Waals surface area contributed by atoms with Crippen molar-refractivity contribution < 1.29 is 14.3 Å². The highest BCUT2D eigenvalue weighted by Gasteiger charge is 2.41. The van der Waals surface area contributed by atoms with Gasteiger partial charge in [0, 0.05) is 49.6 Å². The first-order valence-electron chi connectivity index (χ1n) is 14.1. The number of piperidine rings is 1. The maximum absolute atomic E-state index is 14.2. The zero-order valence-corrected chi connectivity index (χ0v) is 23.5. The Balaban J connectivity index is 1.16. The molecule has 0 amide bonds. The number of pyridine rings is 1. The van der Waals surface area contributed by atoms with E-state index in [0.29, 0.717) is 28.4 Å². The third kappa shape index (κ3) is 5.69. The quantitative estimate of drug-likeness (QED) is 0.342. The first-order valence-corrected chi connectivity index (χ1v) is 14.9. The van der Waals surface area contributed by atoms with Crippen molar-refractivity contribution in [1.29, 1.82) is 0 Å². The number of benzene rings is 1. The number of imidazole rings is 1. The number of likely N-dealkylation sites (tertiary alicyclic amines) is 2. The predicted molar refractivity (Wildman–Crippen MR) is 151 cm³/mol. The van der Waals surface area contributed by atoms with Crippen LogP contribution in [-0.4, -0.2) is 69.0 Å². The Morgan fingerprint density at radius 1 is 1.13 bits per heavy atom. The van der Waals surface area contributed by atoms with Gasteiger partial charge in [0.2, 0.25) is 0 Å². The van der Waals surface area contributed by atoms with Crippen LogP contribution < -0.4 is 0 Å². The van der Waals surface area contributed by atoms with Gasteiger partial charge in [-0.2, -0.15) is 0 Å². The summed E-state index contributed by atoms with van der Waals surface area (Å²) >= 11 is 12.6. The van der Waals surface area contributed by atoms with Gasteiger partial charge in [-0.05, 0) is 68.0 Å². The van der Waals surface area contributed by atoms with Crippen LogP contribution in [0.4, 0.5) is 4.39 Å². The van der Waals surface area contributed by atoms with Gasteiger partial charge >= 0.3 is 5.97 Å². The molecule has 6 rings (SSSR count). The summed E-state index contributed by atoms with van der Waals surface area (Å²) in [6.07, 6.45) is 9.99. The van der Waals surface area contributed by atoms with Gasteiger partial charge in [0.15, 0.2) is 5.65 Å². The molecule has 39 heavy (non-hydrogen) atoms. The van der Waals surface area contributed by atoms with Gasteiger partial charge in [0.25, 0.3) is 0 Å². The average Bonchev–Trinajstić information content (AvgIpc) is 3.48. The molecule has 9 heteroatoms. The minimum Gasteiger partial charge on any atom is -0.480 e. The highest BCUT2D eigenvalue weighted by atomic mass is 35.5. The topological polar surface area (TPSA) is 61.1 Å². The van der Waals surface area contributed by atoms with Gasteiger partial charge in [0.05, 0.1) is 10.0 Å². The smallest absolute Gasteiger partial charge is 0.320 e. The number of rotatable bonds is 8. The first-order chi connectivity index (χ1) is 18.9. The molecule has 1 N–H and O–H groups in total. The number of hydrogen-bond acceptors (Lipinski definition) is 4. The van der Waals surface area contributed by atoms with Gasteiger partial charge < -0.3 is 14.4 Å². The van der Waals surface area contributed by atoms with Crippen LogP contribution in [0, 0.1) is 17.7 Å². The van der Waals surface area contributed by atoms with Crippen LogP contribution in [0.15, 0.2) is 42.7 Å².